The standard InChI is InChI=1S/C13H17F4NO/c1-8(3-9(2)19)18-7-10-4-11(13(15,16)17)6-12(14)5-10/h4-6,8-9,18-19H,3,7H2,1-2H3. The summed E-state index contributed by atoms with van der Waals surface area (Å²) >= 11 is 0. The van der Waals surface area contributed by atoms with Crippen LogP contribution in [-0.2, 0) is 12.7 Å². The van der Waals surface area contributed by atoms with Gasteiger partial charge in [-0.3, -0.25) is 0 Å². The smallest absolute Gasteiger partial charge is 0.393 e. The van der Waals surface area contributed by atoms with Crippen molar-refractivity contribution in [3.05, 3.63) is 35.1 Å². The highest BCUT2D eigenvalue weighted by Crippen LogP contribution is 2.30. The van der Waals surface area contributed by atoms with Crippen molar-refractivity contribution in [3.8, 4) is 0 Å². The minimum absolute atomic E-state index is 0.0717. The summed E-state index contributed by atoms with van der Waals surface area (Å²) in [5.74, 6) is -0.908. The summed E-state index contributed by atoms with van der Waals surface area (Å²) < 4.78 is 50.6. The molecule has 2 N–H and O–H groups in total. The second-order valence-corrected chi connectivity index (χ2v) is 4.71. The fourth-order valence-electron chi connectivity index (χ4n) is 1.80. The summed E-state index contributed by atoms with van der Waals surface area (Å²) in [4.78, 5) is 0. The molecule has 108 valence electrons. The van der Waals surface area contributed by atoms with Crippen molar-refractivity contribution in [2.45, 2.75) is 45.1 Å². The molecule has 0 fully saturated rings. The average molecular weight is 279 g/mol. The lowest BCUT2D eigenvalue weighted by Crippen LogP contribution is -2.28. The van der Waals surface area contributed by atoms with Crippen molar-refractivity contribution < 1.29 is 22.7 Å². The van der Waals surface area contributed by atoms with Crippen LogP contribution in [0.25, 0.3) is 0 Å². The number of halogens is 4. The first-order valence-electron chi connectivity index (χ1n) is 5.96. The third-order valence-corrected chi connectivity index (χ3v) is 2.63. The van der Waals surface area contributed by atoms with Crippen LogP contribution in [0.1, 0.15) is 31.4 Å². The van der Waals surface area contributed by atoms with Gasteiger partial charge in [-0.1, -0.05) is 0 Å². The predicted octanol–water partition coefficient (Wildman–Crippen LogP) is 3.09. The van der Waals surface area contributed by atoms with E-state index in [9.17, 15) is 17.6 Å². The molecule has 0 heterocycles. The number of rotatable bonds is 5. The van der Waals surface area contributed by atoms with Gasteiger partial charge in [0.15, 0.2) is 0 Å². The first-order chi connectivity index (χ1) is 8.68. The molecule has 0 spiro atoms. The number of alkyl halides is 3. The second kappa shape index (κ2) is 6.34. The van der Waals surface area contributed by atoms with Gasteiger partial charge in [-0.05, 0) is 44.0 Å². The first kappa shape index (κ1) is 15.9. The lowest BCUT2D eigenvalue weighted by Gasteiger charge is -2.16. The van der Waals surface area contributed by atoms with Crippen LogP contribution < -0.4 is 5.32 Å². The SMILES string of the molecule is CC(O)CC(C)NCc1cc(F)cc(C(F)(F)F)c1. The van der Waals surface area contributed by atoms with E-state index in [1.165, 1.54) is 0 Å². The van der Waals surface area contributed by atoms with E-state index in [-0.39, 0.29) is 18.2 Å². The maximum Gasteiger partial charge on any atom is 0.416 e. The molecule has 2 unspecified atom stereocenters. The van der Waals surface area contributed by atoms with Crippen LogP contribution in [-0.4, -0.2) is 17.3 Å². The summed E-state index contributed by atoms with van der Waals surface area (Å²) in [7, 11) is 0. The molecule has 0 aromatic heterocycles. The van der Waals surface area contributed by atoms with Crippen LogP contribution in [0.3, 0.4) is 0 Å². The highest BCUT2D eigenvalue weighted by atomic mass is 19.4. The number of aliphatic hydroxyl groups is 1. The molecule has 0 amide bonds. The van der Waals surface area contributed by atoms with Crippen LogP contribution in [0, 0.1) is 5.82 Å². The fourth-order valence-corrected chi connectivity index (χ4v) is 1.80. The molecule has 0 aliphatic heterocycles. The van der Waals surface area contributed by atoms with Crippen molar-refractivity contribution in [1.29, 1.82) is 0 Å². The van der Waals surface area contributed by atoms with Gasteiger partial charge >= 0.3 is 6.18 Å². The van der Waals surface area contributed by atoms with E-state index in [1.807, 2.05) is 0 Å². The Morgan fingerprint density at radius 1 is 1.21 bits per heavy atom. The van der Waals surface area contributed by atoms with Crippen molar-refractivity contribution >= 4 is 0 Å². The third-order valence-electron chi connectivity index (χ3n) is 2.63. The summed E-state index contributed by atoms with van der Waals surface area (Å²) in [6.07, 6.45) is -4.58. The van der Waals surface area contributed by atoms with E-state index in [0.717, 1.165) is 12.1 Å². The number of nitrogens with one attached hydrogen (secondary N) is 1. The minimum Gasteiger partial charge on any atom is -0.393 e. The van der Waals surface area contributed by atoms with E-state index in [0.29, 0.717) is 12.5 Å². The molecule has 1 aromatic rings. The molecular formula is C13H17F4NO. The zero-order valence-corrected chi connectivity index (χ0v) is 10.8. The summed E-state index contributed by atoms with van der Waals surface area (Å²) in [5.41, 5.74) is -0.766. The van der Waals surface area contributed by atoms with Gasteiger partial charge in [-0.15, -0.1) is 0 Å². The Kier molecular flexibility index (Phi) is 5.31. The van der Waals surface area contributed by atoms with Crippen LogP contribution in [0.15, 0.2) is 18.2 Å². The van der Waals surface area contributed by atoms with Crippen molar-refractivity contribution in [2.75, 3.05) is 0 Å². The van der Waals surface area contributed by atoms with Crippen molar-refractivity contribution in [1.82, 2.24) is 5.32 Å². The fraction of sp³-hybridized carbons (Fsp3) is 0.538. The molecule has 0 bridgehead atoms. The van der Waals surface area contributed by atoms with Gasteiger partial charge in [-0.25, -0.2) is 4.39 Å². The Balaban J connectivity index is 2.71. The van der Waals surface area contributed by atoms with E-state index in [4.69, 9.17) is 5.11 Å². The lowest BCUT2D eigenvalue weighted by atomic mass is 10.1. The molecule has 19 heavy (non-hydrogen) atoms. The molecule has 6 heteroatoms. The molecule has 1 aromatic carbocycles. The first-order valence-corrected chi connectivity index (χ1v) is 5.96. The third kappa shape index (κ3) is 5.57. The molecule has 1 rings (SSSR count). The number of hydrogen-bond donors (Lipinski definition) is 2. The molecule has 2 atom stereocenters. The Bertz CT molecular complexity index is 418. The predicted molar refractivity (Wildman–Crippen MR) is 64.0 cm³/mol. The average Bonchev–Trinajstić information content (AvgIpc) is 2.23. The quantitative estimate of drug-likeness (QED) is 0.812. The van der Waals surface area contributed by atoms with Crippen molar-refractivity contribution in [3.63, 3.8) is 0 Å². The van der Waals surface area contributed by atoms with Gasteiger partial charge in [0.05, 0.1) is 11.7 Å². The monoisotopic (exact) mass is 279 g/mol. The highest BCUT2D eigenvalue weighted by molar-refractivity contribution is 5.26. The molecule has 0 saturated carbocycles. The summed E-state index contributed by atoms with van der Waals surface area (Å²) in [5, 5.41) is 12.1. The largest absolute Gasteiger partial charge is 0.416 e. The molecular weight excluding hydrogens is 262 g/mol. The van der Waals surface area contributed by atoms with Gasteiger partial charge in [0.1, 0.15) is 5.82 Å². The number of hydrogen-bond acceptors (Lipinski definition) is 2. The summed E-state index contributed by atoms with van der Waals surface area (Å²) in [6.45, 7) is 3.55. The topological polar surface area (TPSA) is 32.3 Å². The molecule has 0 aliphatic carbocycles. The number of aliphatic hydroxyl groups excluding tert-OH is 1. The molecule has 2 nitrogen and oxygen atoms in total. The maximum absolute atomic E-state index is 13.1. The van der Waals surface area contributed by atoms with Gasteiger partial charge in [0, 0.05) is 12.6 Å². The van der Waals surface area contributed by atoms with Crippen LogP contribution >= 0.6 is 0 Å². The van der Waals surface area contributed by atoms with Crippen molar-refractivity contribution in [2.24, 2.45) is 0 Å². The molecule has 0 aliphatic rings. The maximum atomic E-state index is 13.1. The van der Waals surface area contributed by atoms with Gasteiger partial charge < -0.3 is 10.4 Å². The van der Waals surface area contributed by atoms with Crippen LogP contribution in [0.2, 0.25) is 0 Å². The molecule has 0 radical (unpaired) electrons. The van der Waals surface area contributed by atoms with E-state index in [2.05, 4.69) is 5.32 Å². The highest BCUT2D eigenvalue weighted by Gasteiger charge is 2.31. The van der Waals surface area contributed by atoms with Gasteiger partial charge in [0.2, 0.25) is 0 Å². The van der Waals surface area contributed by atoms with E-state index >= 15 is 0 Å². The summed E-state index contributed by atoms with van der Waals surface area (Å²) in [6, 6.07) is 2.39. The Morgan fingerprint density at radius 3 is 2.37 bits per heavy atom. The Labute approximate surface area is 109 Å². The Morgan fingerprint density at radius 2 is 1.84 bits per heavy atom. The second-order valence-electron chi connectivity index (χ2n) is 4.71. The Hall–Kier alpha value is -1.14. The van der Waals surface area contributed by atoms with Crippen LogP contribution in [0.4, 0.5) is 17.6 Å². The van der Waals surface area contributed by atoms with E-state index in [1.54, 1.807) is 13.8 Å². The van der Waals surface area contributed by atoms with E-state index < -0.39 is 23.7 Å². The molecule has 0 saturated heterocycles. The van der Waals surface area contributed by atoms with Gasteiger partial charge in [0.25, 0.3) is 0 Å². The minimum atomic E-state index is -4.55. The van der Waals surface area contributed by atoms with Gasteiger partial charge in [-0.2, -0.15) is 13.2 Å². The number of benzene rings is 1. The normalized spacial score (nSPS) is 15.3. The van der Waals surface area contributed by atoms with Crippen LogP contribution in [0.5, 0.6) is 0 Å². The zero-order valence-electron chi connectivity index (χ0n) is 10.8. The lowest BCUT2D eigenvalue weighted by molar-refractivity contribution is -0.137. The zero-order chi connectivity index (χ0) is 14.6.